The standard InChI is InChI=1S/C14H20N4O2/c1-17(8-4-7-15)14(20)10-18-9-13(19)16-11-5-2-3-6-12(11)18/h2-3,5-6H,4,7-10,15H2,1H3,(H,16,19). The van der Waals surface area contributed by atoms with E-state index in [0.29, 0.717) is 13.1 Å². The summed E-state index contributed by atoms with van der Waals surface area (Å²) in [5, 5.41) is 2.80. The van der Waals surface area contributed by atoms with Gasteiger partial charge in [-0.2, -0.15) is 0 Å². The second-order valence-electron chi connectivity index (χ2n) is 4.88. The van der Waals surface area contributed by atoms with E-state index in [1.165, 1.54) is 0 Å². The van der Waals surface area contributed by atoms with Crippen molar-refractivity contribution in [2.75, 3.05) is 43.4 Å². The minimum atomic E-state index is -0.0962. The minimum Gasteiger partial charge on any atom is -0.351 e. The average molecular weight is 276 g/mol. The van der Waals surface area contributed by atoms with Crippen molar-refractivity contribution in [3.8, 4) is 0 Å². The van der Waals surface area contributed by atoms with Gasteiger partial charge in [-0.1, -0.05) is 12.1 Å². The molecule has 0 fully saturated rings. The molecule has 0 aliphatic carbocycles. The Labute approximate surface area is 118 Å². The molecule has 1 aliphatic heterocycles. The maximum Gasteiger partial charge on any atom is 0.243 e. The first kappa shape index (κ1) is 14.3. The van der Waals surface area contributed by atoms with Crippen LogP contribution >= 0.6 is 0 Å². The van der Waals surface area contributed by atoms with Gasteiger partial charge in [0.25, 0.3) is 0 Å². The summed E-state index contributed by atoms with van der Waals surface area (Å²) in [6, 6.07) is 7.49. The first-order chi connectivity index (χ1) is 9.61. The van der Waals surface area contributed by atoms with Crippen molar-refractivity contribution in [3.05, 3.63) is 24.3 Å². The van der Waals surface area contributed by atoms with Gasteiger partial charge in [-0.15, -0.1) is 0 Å². The summed E-state index contributed by atoms with van der Waals surface area (Å²) in [5.41, 5.74) is 7.07. The Hall–Kier alpha value is -2.08. The summed E-state index contributed by atoms with van der Waals surface area (Å²) in [7, 11) is 1.76. The van der Waals surface area contributed by atoms with Crippen LogP contribution in [0.1, 0.15) is 6.42 Å². The van der Waals surface area contributed by atoms with E-state index in [-0.39, 0.29) is 24.9 Å². The van der Waals surface area contributed by atoms with Crippen molar-refractivity contribution in [1.29, 1.82) is 0 Å². The number of para-hydroxylation sites is 2. The number of nitrogens with two attached hydrogens (primary N) is 1. The first-order valence-corrected chi connectivity index (χ1v) is 6.69. The molecule has 1 aromatic carbocycles. The van der Waals surface area contributed by atoms with Gasteiger partial charge in [-0.25, -0.2) is 0 Å². The van der Waals surface area contributed by atoms with Crippen LogP contribution in [0.2, 0.25) is 0 Å². The summed E-state index contributed by atoms with van der Waals surface area (Å²) in [5.74, 6) is -0.107. The summed E-state index contributed by atoms with van der Waals surface area (Å²) < 4.78 is 0. The number of fused-ring (bicyclic) bond motifs is 1. The van der Waals surface area contributed by atoms with Crippen LogP contribution in [0.15, 0.2) is 24.3 Å². The molecule has 1 aliphatic rings. The van der Waals surface area contributed by atoms with Crippen LogP contribution in [-0.4, -0.2) is 49.9 Å². The molecule has 2 amide bonds. The maximum atomic E-state index is 12.1. The number of carbonyl (C=O) groups excluding carboxylic acids is 2. The number of nitrogens with one attached hydrogen (secondary N) is 1. The van der Waals surface area contributed by atoms with Crippen molar-refractivity contribution in [3.63, 3.8) is 0 Å². The number of hydrogen-bond acceptors (Lipinski definition) is 4. The molecular formula is C14H20N4O2. The maximum absolute atomic E-state index is 12.1. The van der Waals surface area contributed by atoms with Gasteiger partial charge >= 0.3 is 0 Å². The Morgan fingerprint density at radius 3 is 2.95 bits per heavy atom. The molecule has 1 heterocycles. The molecule has 0 unspecified atom stereocenters. The Morgan fingerprint density at radius 1 is 1.45 bits per heavy atom. The van der Waals surface area contributed by atoms with Crippen LogP contribution in [-0.2, 0) is 9.59 Å². The lowest BCUT2D eigenvalue weighted by molar-refractivity contribution is -0.128. The zero-order valence-electron chi connectivity index (χ0n) is 11.6. The van der Waals surface area contributed by atoms with E-state index in [9.17, 15) is 9.59 Å². The van der Waals surface area contributed by atoms with E-state index < -0.39 is 0 Å². The summed E-state index contributed by atoms with van der Waals surface area (Å²) in [6.45, 7) is 1.60. The molecule has 0 radical (unpaired) electrons. The number of benzene rings is 1. The van der Waals surface area contributed by atoms with Crippen molar-refractivity contribution in [1.82, 2.24) is 4.90 Å². The Bertz CT molecular complexity index is 504. The van der Waals surface area contributed by atoms with Gasteiger partial charge in [0.05, 0.1) is 24.5 Å². The molecule has 6 heteroatoms. The second-order valence-corrected chi connectivity index (χ2v) is 4.88. The van der Waals surface area contributed by atoms with Crippen LogP contribution in [0.25, 0.3) is 0 Å². The lowest BCUT2D eigenvalue weighted by atomic mass is 10.2. The predicted octanol–water partition coefficient (Wildman–Crippen LogP) is 0.252. The fourth-order valence-electron chi connectivity index (χ4n) is 2.18. The third-order valence-electron chi connectivity index (χ3n) is 3.30. The summed E-state index contributed by atoms with van der Waals surface area (Å²) >= 11 is 0. The number of carbonyl (C=O) groups is 2. The third-order valence-corrected chi connectivity index (χ3v) is 3.30. The van der Waals surface area contributed by atoms with Gasteiger partial charge in [-0.05, 0) is 25.1 Å². The van der Waals surface area contributed by atoms with Crippen LogP contribution in [0.4, 0.5) is 11.4 Å². The van der Waals surface area contributed by atoms with E-state index in [4.69, 9.17) is 5.73 Å². The molecule has 0 aromatic heterocycles. The monoisotopic (exact) mass is 276 g/mol. The molecule has 108 valence electrons. The van der Waals surface area contributed by atoms with Crippen LogP contribution in [0, 0.1) is 0 Å². The highest BCUT2D eigenvalue weighted by Crippen LogP contribution is 2.28. The molecule has 1 aromatic rings. The summed E-state index contributed by atoms with van der Waals surface area (Å²) in [6.07, 6.45) is 0.777. The minimum absolute atomic E-state index is 0.0112. The van der Waals surface area contributed by atoms with Crippen molar-refractivity contribution >= 4 is 23.2 Å². The number of rotatable bonds is 5. The molecule has 0 saturated carbocycles. The fourth-order valence-corrected chi connectivity index (χ4v) is 2.18. The smallest absolute Gasteiger partial charge is 0.243 e. The fraction of sp³-hybridized carbons (Fsp3) is 0.429. The zero-order chi connectivity index (χ0) is 14.5. The van der Waals surface area contributed by atoms with Crippen LogP contribution < -0.4 is 16.0 Å². The van der Waals surface area contributed by atoms with Gasteiger partial charge in [0.15, 0.2) is 0 Å². The van der Waals surface area contributed by atoms with Crippen molar-refractivity contribution in [2.45, 2.75) is 6.42 Å². The van der Waals surface area contributed by atoms with E-state index in [2.05, 4.69) is 5.32 Å². The average Bonchev–Trinajstić information content (AvgIpc) is 2.44. The van der Waals surface area contributed by atoms with Gasteiger partial charge in [-0.3, -0.25) is 9.59 Å². The highest BCUT2D eigenvalue weighted by molar-refractivity contribution is 6.02. The quantitative estimate of drug-likeness (QED) is 0.808. The molecule has 20 heavy (non-hydrogen) atoms. The number of anilines is 2. The van der Waals surface area contributed by atoms with E-state index in [0.717, 1.165) is 17.8 Å². The van der Waals surface area contributed by atoms with E-state index >= 15 is 0 Å². The highest BCUT2D eigenvalue weighted by atomic mass is 16.2. The van der Waals surface area contributed by atoms with Crippen molar-refractivity contribution in [2.24, 2.45) is 5.73 Å². The lowest BCUT2D eigenvalue weighted by Gasteiger charge is -2.31. The Kier molecular flexibility index (Phi) is 4.57. The van der Waals surface area contributed by atoms with Crippen molar-refractivity contribution < 1.29 is 9.59 Å². The van der Waals surface area contributed by atoms with Crippen LogP contribution in [0.3, 0.4) is 0 Å². The first-order valence-electron chi connectivity index (χ1n) is 6.69. The SMILES string of the molecule is CN(CCCN)C(=O)CN1CC(=O)Nc2ccccc21. The lowest BCUT2D eigenvalue weighted by Crippen LogP contribution is -2.45. The molecule has 0 bridgehead atoms. The second kappa shape index (κ2) is 6.38. The van der Waals surface area contributed by atoms with Crippen LogP contribution in [0.5, 0.6) is 0 Å². The molecular weight excluding hydrogens is 256 g/mol. The molecule has 0 spiro atoms. The predicted molar refractivity (Wildman–Crippen MR) is 78.6 cm³/mol. The Morgan fingerprint density at radius 2 is 2.20 bits per heavy atom. The van der Waals surface area contributed by atoms with Gasteiger partial charge in [0.2, 0.25) is 11.8 Å². The topological polar surface area (TPSA) is 78.7 Å². The normalized spacial score (nSPS) is 13.7. The zero-order valence-corrected chi connectivity index (χ0v) is 11.6. The number of hydrogen-bond donors (Lipinski definition) is 2. The number of likely N-dealkylation sites (N-methyl/N-ethyl adjacent to an activating group) is 1. The van der Waals surface area contributed by atoms with Gasteiger partial charge in [0, 0.05) is 13.6 Å². The largest absolute Gasteiger partial charge is 0.351 e. The molecule has 0 atom stereocenters. The Balaban J connectivity index is 2.06. The summed E-state index contributed by atoms with van der Waals surface area (Å²) in [4.78, 5) is 27.3. The number of nitrogens with zero attached hydrogens (tertiary/aromatic N) is 2. The molecule has 2 rings (SSSR count). The van der Waals surface area contributed by atoms with E-state index in [1.807, 2.05) is 24.3 Å². The number of amides is 2. The van der Waals surface area contributed by atoms with E-state index in [1.54, 1.807) is 16.8 Å². The van der Waals surface area contributed by atoms with Gasteiger partial charge in [0.1, 0.15) is 0 Å². The van der Waals surface area contributed by atoms with Gasteiger partial charge < -0.3 is 20.9 Å². The molecule has 6 nitrogen and oxygen atoms in total. The molecule has 3 N–H and O–H groups in total. The molecule has 0 saturated heterocycles. The third kappa shape index (κ3) is 3.27. The highest BCUT2D eigenvalue weighted by Gasteiger charge is 2.24.